The van der Waals surface area contributed by atoms with E-state index in [0.29, 0.717) is 12.6 Å². The first-order valence-corrected chi connectivity index (χ1v) is 5.59. The summed E-state index contributed by atoms with van der Waals surface area (Å²) < 4.78 is 0. The van der Waals surface area contributed by atoms with Crippen LogP contribution in [0.4, 0.5) is 0 Å². The molecule has 0 saturated heterocycles. The van der Waals surface area contributed by atoms with E-state index >= 15 is 0 Å². The summed E-state index contributed by atoms with van der Waals surface area (Å²) in [6.07, 6.45) is 4.83. The Morgan fingerprint density at radius 2 is 2.36 bits per heavy atom. The number of nitrogens with zero attached hydrogens (tertiary/aromatic N) is 1. The average Bonchev–Trinajstić information content (AvgIpc) is 2.62. The van der Waals surface area contributed by atoms with Gasteiger partial charge in [-0.05, 0) is 19.3 Å². The molecule has 3 unspecified atom stereocenters. The normalized spacial score (nSPS) is 28.6. The maximum absolute atomic E-state index is 9.52. The summed E-state index contributed by atoms with van der Waals surface area (Å²) in [6, 6.07) is 2.64. The molecule has 1 saturated carbocycles. The Balaban J connectivity index is 2.20. The topological polar surface area (TPSA) is 56.0 Å². The summed E-state index contributed by atoms with van der Waals surface area (Å²) in [5.74, 6) is 0.156. The molecule has 80 valence electrons. The van der Waals surface area contributed by atoms with E-state index in [4.69, 9.17) is 5.26 Å². The smallest absolute Gasteiger partial charge is 0.0672 e. The van der Waals surface area contributed by atoms with Crippen molar-refractivity contribution >= 4 is 0 Å². The average molecular weight is 196 g/mol. The molecule has 0 amide bonds. The van der Waals surface area contributed by atoms with Gasteiger partial charge < -0.3 is 10.4 Å². The summed E-state index contributed by atoms with van der Waals surface area (Å²) in [5.41, 5.74) is 0. The van der Waals surface area contributed by atoms with Crippen molar-refractivity contribution in [1.82, 2.24) is 5.32 Å². The van der Waals surface area contributed by atoms with Gasteiger partial charge in [0.2, 0.25) is 0 Å². The van der Waals surface area contributed by atoms with Crippen molar-refractivity contribution in [1.29, 1.82) is 5.26 Å². The standard InChI is InChI=1S/C11H20N2O/c1-2-4-10(14)8-13-11-6-3-5-9(11)7-12/h9-11,13-14H,2-6,8H2,1H3. The first kappa shape index (κ1) is 11.5. The van der Waals surface area contributed by atoms with Crippen LogP contribution in [0.15, 0.2) is 0 Å². The monoisotopic (exact) mass is 196 g/mol. The highest BCUT2D eigenvalue weighted by atomic mass is 16.3. The molecule has 1 fully saturated rings. The van der Waals surface area contributed by atoms with Gasteiger partial charge in [0.05, 0.1) is 18.1 Å². The van der Waals surface area contributed by atoms with Crippen LogP contribution >= 0.6 is 0 Å². The fraction of sp³-hybridized carbons (Fsp3) is 0.909. The lowest BCUT2D eigenvalue weighted by atomic mass is 10.1. The molecule has 3 nitrogen and oxygen atoms in total. The second-order valence-electron chi connectivity index (χ2n) is 4.12. The molecule has 0 heterocycles. The molecule has 0 aromatic heterocycles. The summed E-state index contributed by atoms with van der Waals surface area (Å²) in [6.45, 7) is 2.70. The fourth-order valence-corrected chi connectivity index (χ4v) is 2.08. The van der Waals surface area contributed by atoms with E-state index in [1.807, 2.05) is 0 Å². The van der Waals surface area contributed by atoms with Crippen LogP contribution in [-0.4, -0.2) is 23.8 Å². The molecule has 1 aliphatic rings. The number of hydrogen-bond acceptors (Lipinski definition) is 3. The van der Waals surface area contributed by atoms with Crippen molar-refractivity contribution in [3.8, 4) is 6.07 Å². The van der Waals surface area contributed by atoms with Gasteiger partial charge in [-0.15, -0.1) is 0 Å². The SMILES string of the molecule is CCCC(O)CNC1CCCC1C#N. The largest absolute Gasteiger partial charge is 0.392 e. The minimum Gasteiger partial charge on any atom is -0.392 e. The van der Waals surface area contributed by atoms with Crippen LogP contribution in [0, 0.1) is 17.2 Å². The van der Waals surface area contributed by atoms with E-state index in [2.05, 4.69) is 18.3 Å². The molecule has 1 rings (SSSR count). The molecule has 0 aliphatic heterocycles. The van der Waals surface area contributed by atoms with Crippen molar-refractivity contribution in [2.45, 2.75) is 51.2 Å². The van der Waals surface area contributed by atoms with Crippen molar-refractivity contribution in [2.75, 3.05) is 6.54 Å². The number of nitriles is 1. The van der Waals surface area contributed by atoms with Crippen LogP contribution in [0.25, 0.3) is 0 Å². The van der Waals surface area contributed by atoms with Gasteiger partial charge in [-0.25, -0.2) is 0 Å². The van der Waals surface area contributed by atoms with E-state index in [0.717, 1.165) is 32.1 Å². The number of aliphatic hydroxyl groups excluding tert-OH is 1. The lowest BCUT2D eigenvalue weighted by Crippen LogP contribution is -2.37. The molecular weight excluding hydrogens is 176 g/mol. The second kappa shape index (κ2) is 6.00. The van der Waals surface area contributed by atoms with Gasteiger partial charge in [0.25, 0.3) is 0 Å². The number of rotatable bonds is 5. The maximum Gasteiger partial charge on any atom is 0.0672 e. The maximum atomic E-state index is 9.52. The molecule has 0 aromatic rings. The Kier molecular flexibility index (Phi) is 4.92. The Morgan fingerprint density at radius 3 is 3.00 bits per heavy atom. The van der Waals surface area contributed by atoms with Crippen LogP contribution in [0.5, 0.6) is 0 Å². The van der Waals surface area contributed by atoms with Gasteiger partial charge >= 0.3 is 0 Å². The highest BCUT2D eigenvalue weighted by molar-refractivity contribution is 4.96. The number of aliphatic hydroxyl groups is 1. The first-order chi connectivity index (χ1) is 6.77. The minimum absolute atomic E-state index is 0.156. The third kappa shape index (κ3) is 3.28. The lowest BCUT2D eigenvalue weighted by molar-refractivity contribution is 0.155. The second-order valence-corrected chi connectivity index (χ2v) is 4.12. The molecular formula is C11H20N2O. The van der Waals surface area contributed by atoms with Crippen LogP contribution in [-0.2, 0) is 0 Å². The molecule has 14 heavy (non-hydrogen) atoms. The predicted molar refractivity (Wildman–Crippen MR) is 55.7 cm³/mol. The van der Waals surface area contributed by atoms with Crippen LogP contribution in [0.3, 0.4) is 0 Å². The van der Waals surface area contributed by atoms with E-state index in [1.165, 1.54) is 0 Å². The van der Waals surface area contributed by atoms with Crippen molar-refractivity contribution in [3.05, 3.63) is 0 Å². The Morgan fingerprint density at radius 1 is 1.57 bits per heavy atom. The van der Waals surface area contributed by atoms with Gasteiger partial charge in [0.1, 0.15) is 0 Å². The van der Waals surface area contributed by atoms with Crippen molar-refractivity contribution in [3.63, 3.8) is 0 Å². The summed E-state index contributed by atoms with van der Waals surface area (Å²) in [5, 5.41) is 21.7. The number of nitrogens with one attached hydrogen (secondary N) is 1. The van der Waals surface area contributed by atoms with E-state index in [9.17, 15) is 5.11 Å². The van der Waals surface area contributed by atoms with Gasteiger partial charge in [-0.3, -0.25) is 0 Å². The Hall–Kier alpha value is -0.590. The molecule has 0 aromatic carbocycles. The predicted octanol–water partition coefficient (Wildman–Crippen LogP) is 1.43. The van der Waals surface area contributed by atoms with Crippen LogP contribution < -0.4 is 5.32 Å². The summed E-state index contributed by atoms with van der Waals surface area (Å²) in [7, 11) is 0. The van der Waals surface area contributed by atoms with E-state index < -0.39 is 0 Å². The van der Waals surface area contributed by atoms with Crippen molar-refractivity contribution in [2.24, 2.45) is 5.92 Å². The third-order valence-corrected chi connectivity index (χ3v) is 2.92. The molecule has 2 N–H and O–H groups in total. The molecule has 0 bridgehead atoms. The van der Waals surface area contributed by atoms with Gasteiger partial charge in [0.15, 0.2) is 0 Å². The van der Waals surface area contributed by atoms with Crippen LogP contribution in [0.2, 0.25) is 0 Å². The highest BCUT2D eigenvalue weighted by Crippen LogP contribution is 2.24. The highest BCUT2D eigenvalue weighted by Gasteiger charge is 2.26. The number of hydrogen-bond donors (Lipinski definition) is 2. The van der Waals surface area contributed by atoms with E-state index in [-0.39, 0.29) is 12.0 Å². The Bertz CT molecular complexity index is 200. The molecule has 0 radical (unpaired) electrons. The molecule has 3 atom stereocenters. The molecule has 3 heteroatoms. The van der Waals surface area contributed by atoms with Gasteiger partial charge in [0, 0.05) is 12.6 Å². The van der Waals surface area contributed by atoms with Crippen LogP contribution in [0.1, 0.15) is 39.0 Å². The van der Waals surface area contributed by atoms with Gasteiger partial charge in [-0.2, -0.15) is 5.26 Å². The Labute approximate surface area is 86.1 Å². The van der Waals surface area contributed by atoms with Gasteiger partial charge in [-0.1, -0.05) is 19.8 Å². The van der Waals surface area contributed by atoms with E-state index in [1.54, 1.807) is 0 Å². The quantitative estimate of drug-likeness (QED) is 0.699. The summed E-state index contributed by atoms with van der Waals surface area (Å²) >= 11 is 0. The summed E-state index contributed by atoms with van der Waals surface area (Å²) in [4.78, 5) is 0. The minimum atomic E-state index is -0.250. The third-order valence-electron chi connectivity index (χ3n) is 2.92. The van der Waals surface area contributed by atoms with Crippen molar-refractivity contribution < 1.29 is 5.11 Å². The zero-order valence-corrected chi connectivity index (χ0v) is 8.87. The fourth-order valence-electron chi connectivity index (χ4n) is 2.08. The zero-order chi connectivity index (χ0) is 10.4. The first-order valence-electron chi connectivity index (χ1n) is 5.59. The zero-order valence-electron chi connectivity index (χ0n) is 8.87. The lowest BCUT2D eigenvalue weighted by Gasteiger charge is -2.18. The molecule has 1 aliphatic carbocycles. The molecule has 0 spiro atoms.